The van der Waals surface area contributed by atoms with Gasteiger partial charge in [0, 0.05) is 25.3 Å². The standard InChI is InChI=1S/C16H23N3O4/c1-3-14(20)18-13-7-6-11(2)19(16(13)22)10-15(21)17-9-12-5-4-8-23-12/h6-7,12H,3-5,8-10H2,1-2H3,(H,17,21)(H,18,20)/t12-/m1/s1. The van der Waals surface area contributed by atoms with Crippen LogP contribution in [0, 0.1) is 6.92 Å². The molecule has 2 amide bonds. The zero-order valence-corrected chi connectivity index (χ0v) is 13.6. The highest BCUT2D eigenvalue weighted by Crippen LogP contribution is 2.10. The molecule has 126 valence electrons. The Kier molecular flexibility index (Phi) is 5.92. The first-order valence-corrected chi connectivity index (χ1v) is 7.90. The lowest BCUT2D eigenvalue weighted by molar-refractivity contribution is -0.122. The molecule has 2 N–H and O–H groups in total. The van der Waals surface area contributed by atoms with Gasteiger partial charge in [0.2, 0.25) is 11.8 Å². The SMILES string of the molecule is CCC(=O)Nc1ccc(C)n(CC(=O)NC[C@H]2CCCO2)c1=O. The Morgan fingerprint density at radius 2 is 2.13 bits per heavy atom. The minimum absolute atomic E-state index is 0.0620. The van der Waals surface area contributed by atoms with Gasteiger partial charge >= 0.3 is 0 Å². The smallest absolute Gasteiger partial charge is 0.274 e. The van der Waals surface area contributed by atoms with Gasteiger partial charge in [0.05, 0.1) is 6.10 Å². The third-order valence-electron chi connectivity index (χ3n) is 3.84. The van der Waals surface area contributed by atoms with E-state index in [0.717, 1.165) is 19.4 Å². The molecule has 1 aliphatic rings. The second kappa shape index (κ2) is 7.92. The van der Waals surface area contributed by atoms with Gasteiger partial charge in [-0.25, -0.2) is 0 Å². The molecule has 1 saturated heterocycles. The van der Waals surface area contributed by atoms with Crippen LogP contribution in [0.25, 0.3) is 0 Å². The van der Waals surface area contributed by atoms with E-state index in [2.05, 4.69) is 10.6 Å². The maximum absolute atomic E-state index is 12.4. The molecule has 23 heavy (non-hydrogen) atoms. The fourth-order valence-electron chi connectivity index (χ4n) is 2.43. The summed E-state index contributed by atoms with van der Waals surface area (Å²) in [6.07, 6.45) is 2.30. The number of carbonyl (C=O) groups excluding carboxylic acids is 2. The maximum atomic E-state index is 12.4. The average Bonchev–Trinajstić information content (AvgIpc) is 3.05. The summed E-state index contributed by atoms with van der Waals surface area (Å²) in [7, 11) is 0. The number of aromatic nitrogens is 1. The monoisotopic (exact) mass is 321 g/mol. The maximum Gasteiger partial charge on any atom is 0.274 e. The van der Waals surface area contributed by atoms with Crippen molar-refractivity contribution in [2.24, 2.45) is 0 Å². The normalized spacial score (nSPS) is 17.0. The van der Waals surface area contributed by atoms with Gasteiger partial charge in [0.15, 0.2) is 0 Å². The predicted molar refractivity (Wildman–Crippen MR) is 86.3 cm³/mol. The van der Waals surface area contributed by atoms with Gasteiger partial charge in [-0.15, -0.1) is 0 Å². The van der Waals surface area contributed by atoms with E-state index in [9.17, 15) is 14.4 Å². The quantitative estimate of drug-likeness (QED) is 0.811. The second-order valence-electron chi connectivity index (χ2n) is 5.62. The molecule has 1 aliphatic heterocycles. The molecule has 0 spiro atoms. The van der Waals surface area contributed by atoms with Crippen LogP contribution in [0.3, 0.4) is 0 Å². The Morgan fingerprint density at radius 1 is 1.35 bits per heavy atom. The van der Waals surface area contributed by atoms with Gasteiger partial charge in [-0.05, 0) is 31.9 Å². The lowest BCUT2D eigenvalue weighted by atomic mass is 10.2. The first-order valence-electron chi connectivity index (χ1n) is 7.90. The van der Waals surface area contributed by atoms with Crippen LogP contribution < -0.4 is 16.2 Å². The van der Waals surface area contributed by atoms with Crippen LogP contribution >= 0.6 is 0 Å². The summed E-state index contributed by atoms with van der Waals surface area (Å²) < 4.78 is 6.80. The molecule has 0 unspecified atom stereocenters. The lowest BCUT2D eigenvalue weighted by Crippen LogP contribution is -2.37. The molecule has 0 bridgehead atoms. The summed E-state index contributed by atoms with van der Waals surface area (Å²) in [6, 6.07) is 3.27. The molecular formula is C16H23N3O4. The van der Waals surface area contributed by atoms with Gasteiger partial charge in [0.1, 0.15) is 12.2 Å². The number of ether oxygens (including phenoxy) is 1. The lowest BCUT2D eigenvalue weighted by Gasteiger charge is -2.14. The van der Waals surface area contributed by atoms with Crippen LogP contribution in [0.5, 0.6) is 0 Å². The van der Waals surface area contributed by atoms with Crippen molar-refractivity contribution in [1.82, 2.24) is 9.88 Å². The van der Waals surface area contributed by atoms with Crippen LogP contribution in [-0.2, 0) is 20.9 Å². The first-order chi connectivity index (χ1) is 11.0. The number of pyridine rings is 1. The largest absolute Gasteiger partial charge is 0.376 e. The van der Waals surface area contributed by atoms with Crippen LogP contribution in [0.1, 0.15) is 31.9 Å². The zero-order valence-electron chi connectivity index (χ0n) is 13.6. The van der Waals surface area contributed by atoms with Crippen molar-refractivity contribution in [3.63, 3.8) is 0 Å². The van der Waals surface area contributed by atoms with E-state index in [1.54, 1.807) is 26.0 Å². The Balaban J connectivity index is 2.02. The molecule has 7 heteroatoms. The molecule has 0 saturated carbocycles. The van der Waals surface area contributed by atoms with Gasteiger partial charge in [-0.1, -0.05) is 6.92 Å². The van der Waals surface area contributed by atoms with Gasteiger partial charge in [-0.3, -0.25) is 14.4 Å². The summed E-state index contributed by atoms with van der Waals surface area (Å²) >= 11 is 0. The fourth-order valence-corrected chi connectivity index (χ4v) is 2.43. The van der Waals surface area contributed by atoms with Crippen molar-refractivity contribution >= 4 is 17.5 Å². The number of carbonyl (C=O) groups is 2. The highest BCUT2D eigenvalue weighted by molar-refractivity contribution is 5.90. The summed E-state index contributed by atoms with van der Waals surface area (Å²) in [5.74, 6) is -0.481. The van der Waals surface area contributed by atoms with E-state index >= 15 is 0 Å². The summed E-state index contributed by atoms with van der Waals surface area (Å²) in [5.41, 5.74) is 0.477. The first kappa shape index (κ1) is 17.2. The molecule has 1 aromatic rings. The number of rotatable bonds is 6. The number of hydrogen-bond donors (Lipinski definition) is 2. The van der Waals surface area contributed by atoms with E-state index < -0.39 is 0 Å². The molecule has 2 heterocycles. The minimum atomic E-state index is -0.376. The molecule has 0 aromatic carbocycles. The highest BCUT2D eigenvalue weighted by atomic mass is 16.5. The van der Waals surface area contributed by atoms with Crippen molar-refractivity contribution < 1.29 is 14.3 Å². The van der Waals surface area contributed by atoms with Gasteiger partial charge in [0.25, 0.3) is 5.56 Å². The van der Waals surface area contributed by atoms with Crippen LogP contribution in [0.4, 0.5) is 5.69 Å². The molecule has 2 rings (SSSR count). The van der Waals surface area contributed by atoms with E-state index in [-0.39, 0.29) is 42.1 Å². The topological polar surface area (TPSA) is 89.4 Å². The van der Waals surface area contributed by atoms with Crippen molar-refractivity contribution in [2.45, 2.75) is 45.8 Å². The molecule has 7 nitrogen and oxygen atoms in total. The molecule has 1 aromatic heterocycles. The number of nitrogens with zero attached hydrogens (tertiary/aromatic N) is 1. The number of aryl methyl sites for hydroxylation is 1. The number of amides is 2. The Bertz CT molecular complexity index is 633. The predicted octanol–water partition coefficient (Wildman–Crippen LogP) is 0.800. The molecule has 0 aliphatic carbocycles. The zero-order chi connectivity index (χ0) is 16.8. The van der Waals surface area contributed by atoms with Crippen LogP contribution in [0.15, 0.2) is 16.9 Å². The number of hydrogen-bond acceptors (Lipinski definition) is 4. The van der Waals surface area contributed by atoms with E-state index in [1.807, 2.05) is 0 Å². The third-order valence-corrected chi connectivity index (χ3v) is 3.84. The second-order valence-corrected chi connectivity index (χ2v) is 5.62. The van der Waals surface area contributed by atoms with Crippen molar-refractivity contribution in [1.29, 1.82) is 0 Å². The number of anilines is 1. The molecule has 1 atom stereocenters. The van der Waals surface area contributed by atoms with Crippen molar-refractivity contribution in [3.8, 4) is 0 Å². The molecular weight excluding hydrogens is 298 g/mol. The summed E-state index contributed by atoms with van der Waals surface area (Å²) in [4.78, 5) is 35.9. The molecule has 0 radical (unpaired) electrons. The van der Waals surface area contributed by atoms with Gasteiger partial charge < -0.3 is 19.9 Å². The minimum Gasteiger partial charge on any atom is -0.376 e. The van der Waals surface area contributed by atoms with Crippen molar-refractivity contribution in [3.05, 3.63) is 28.2 Å². The average molecular weight is 321 g/mol. The van der Waals surface area contributed by atoms with Gasteiger partial charge in [-0.2, -0.15) is 0 Å². The summed E-state index contributed by atoms with van der Waals surface area (Å²) in [5, 5.41) is 5.34. The van der Waals surface area contributed by atoms with E-state index in [0.29, 0.717) is 12.2 Å². The highest BCUT2D eigenvalue weighted by Gasteiger charge is 2.17. The Morgan fingerprint density at radius 3 is 2.78 bits per heavy atom. The van der Waals surface area contributed by atoms with Crippen LogP contribution in [-0.4, -0.2) is 35.6 Å². The fraction of sp³-hybridized carbons (Fsp3) is 0.562. The van der Waals surface area contributed by atoms with E-state index in [4.69, 9.17) is 4.74 Å². The third kappa shape index (κ3) is 4.66. The molecule has 1 fully saturated rings. The van der Waals surface area contributed by atoms with Crippen LogP contribution in [0.2, 0.25) is 0 Å². The summed E-state index contributed by atoms with van der Waals surface area (Å²) in [6.45, 7) is 4.57. The Labute approximate surface area is 135 Å². The van der Waals surface area contributed by atoms with Crippen molar-refractivity contribution in [2.75, 3.05) is 18.5 Å². The number of nitrogens with one attached hydrogen (secondary N) is 2. The Hall–Kier alpha value is -2.15. The van der Waals surface area contributed by atoms with E-state index in [1.165, 1.54) is 4.57 Å².